The summed E-state index contributed by atoms with van der Waals surface area (Å²) in [7, 11) is -3.75. The van der Waals surface area contributed by atoms with E-state index in [-0.39, 0.29) is 40.4 Å². The van der Waals surface area contributed by atoms with Gasteiger partial charge in [-0.2, -0.15) is 14.7 Å². The molecule has 0 aromatic carbocycles. The van der Waals surface area contributed by atoms with Crippen LogP contribution in [-0.4, -0.2) is 77.4 Å². The highest BCUT2D eigenvalue weighted by Gasteiger charge is 2.46. The van der Waals surface area contributed by atoms with Crippen molar-refractivity contribution in [1.82, 2.24) is 39.7 Å². The Labute approximate surface area is 224 Å². The number of carbonyl (C=O) groups is 1. The molecule has 2 aliphatic heterocycles. The van der Waals surface area contributed by atoms with Crippen LogP contribution in [0.15, 0.2) is 35.7 Å². The molecule has 2 saturated heterocycles. The Balaban J connectivity index is 1.42. The van der Waals surface area contributed by atoms with Crippen molar-refractivity contribution < 1.29 is 18.3 Å². The van der Waals surface area contributed by atoms with Crippen molar-refractivity contribution >= 4 is 27.2 Å². The number of H-pyrrole nitrogens is 1. The maximum Gasteiger partial charge on any atom is 0.291 e. The third-order valence-corrected chi connectivity index (χ3v) is 8.87. The lowest BCUT2D eigenvalue weighted by Crippen LogP contribution is -2.46. The minimum Gasteiger partial charge on any atom is -0.384 e. The first kappa shape index (κ1) is 25.4. The Bertz CT molecular complexity index is 1660. The first-order chi connectivity index (χ1) is 18.4. The van der Waals surface area contributed by atoms with Gasteiger partial charge >= 0.3 is 0 Å². The number of carbonyl (C=O) groups excluding carboxylic acids is 1. The molecule has 6 heterocycles. The molecule has 0 aliphatic carbocycles. The molecule has 204 valence electrons. The van der Waals surface area contributed by atoms with Crippen LogP contribution in [0.2, 0.25) is 0 Å². The van der Waals surface area contributed by atoms with E-state index in [1.165, 1.54) is 10.8 Å². The Kier molecular flexibility index (Phi) is 5.73. The topological polar surface area (TPSA) is 185 Å². The molecule has 6 rings (SSSR count). The number of nitrogen functional groups attached to an aromatic ring is 1. The van der Waals surface area contributed by atoms with Crippen LogP contribution in [0.25, 0.3) is 16.8 Å². The first-order valence-electron chi connectivity index (χ1n) is 12.7. The Morgan fingerprint density at radius 2 is 1.87 bits per heavy atom. The number of sulfone groups is 1. The first-order valence-corrected chi connectivity index (χ1v) is 14.6. The van der Waals surface area contributed by atoms with E-state index in [1.54, 1.807) is 32.3 Å². The van der Waals surface area contributed by atoms with Crippen LogP contribution in [0.4, 0.5) is 5.82 Å². The van der Waals surface area contributed by atoms with E-state index in [0.717, 1.165) is 19.1 Å². The van der Waals surface area contributed by atoms with Gasteiger partial charge in [0.2, 0.25) is 5.82 Å². The molecule has 4 N–H and O–H groups in total. The van der Waals surface area contributed by atoms with Gasteiger partial charge in [-0.05, 0) is 45.6 Å². The summed E-state index contributed by atoms with van der Waals surface area (Å²) in [4.78, 5) is 28.2. The van der Waals surface area contributed by atoms with Crippen molar-refractivity contribution in [3.05, 3.63) is 48.1 Å². The number of aromatic amines is 1. The van der Waals surface area contributed by atoms with Crippen molar-refractivity contribution in [2.45, 2.75) is 68.0 Å². The van der Waals surface area contributed by atoms with Gasteiger partial charge in [-0.1, -0.05) is 6.07 Å². The molecule has 39 heavy (non-hydrogen) atoms. The minimum atomic E-state index is -3.75. The summed E-state index contributed by atoms with van der Waals surface area (Å²) in [6.45, 7) is 3.31. The number of pyridine rings is 1. The molecule has 2 bridgehead atoms. The van der Waals surface area contributed by atoms with Gasteiger partial charge in [0, 0.05) is 41.6 Å². The number of nitrogens with one attached hydrogen (secondary N) is 1. The SMILES string of the molecule is CC(C)(O)c1ccc(-c2cnn3c(N)c(S(C)(=O)=O)c([C@@H]4C[C@H]5CC[C@@H](C4)N5C(=O)c4ncn[nH]4)nc23)cn1. The molecule has 0 radical (unpaired) electrons. The zero-order chi connectivity index (χ0) is 27.7. The van der Waals surface area contributed by atoms with Crippen LogP contribution >= 0.6 is 0 Å². The van der Waals surface area contributed by atoms with Gasteiger partial charge in [-0.15, -0.1) is 0 Å². The zero-order valence-corrected chi connectivity index (χ0v) is 22.6. The van der Waals surface area contributed by atoms with Gasteiger partial charge in [0.05, 0.1) is 17.6 Å². The standard InChI is InChI=1S/C25H29N9O4S/c1-25(2,36)18-7-4-13(10-27-18)17-11-30-34-21(26)20(39(3,37)38)19(31-23(17)34)14-8-15-5-6-16(9-14)33(15)24(35)22-28-12-29-32-22/h4,7,10-12,14-16,36H,5-6,8-9,26H2,1-3H3,(H,28,29,32)/t14-,15-,16+. The molecule has 2 fully saturated rings. The van der Waals surface area contributed by atoms with Crippen molar-refractivity contribution in [2.75, 3.05) is 12.0 Å². The molecule has 4 aromatic heterocycles. The highest BCUT2D eigenvalue weighted by Crippen LogP contribution is 2.45. The third-order valence-electron chi connectivity index (χ3n) is 7.71. The number of hydrogen-bond donors (Lipinski definition) is 3. The van der Waals surface area contributed by atoms with Gasteiger partial charge in [0.1, 0.15) is 22.6 Å². The van der Waals surface area contributed by atoms with E-state index in [2.05, 4.69) is 25.3 Å². The molecular weight excluding hydrogens is 522 g/mol. The number of amides is 1. The number of hydrogen-bond acceptors (Lipinski definition) is 10. The van der Waals surface area contributed by atoms with Crippen molar-refractivity contribution in [2.24, 2.45) is 0 Å². The Morgan fingerprint density at radius 3 is 2.44 bits per heavy atom. The van der Waals surface area contributed by atoms with Gasteiger partial charge in [-0.3, -0.25) is 14.9 Å². The predicted octanol–water partition coefficient (Wildman–Crippen LogP) is 1.67. The summed E-state index contributed by atoms with van der Waals surface area (Å²) in [5.74, 6) is -0.238. The van der Waals surface area contributed by atoms with Crippen LogP contribution in [0.5, 0.6) is 0 Å². The predicted molar refractivity (Wildman–Crippen MR) is 140 cm³/mol. The van der Waals surface area contributed by atoms with Crippen LogP contribution < -0.4 is 5.73 Å². The van der Waals surface area contributed by atoms with Crippen molar-refractivity contribution in [3.63, 3.8) is 0 Å². The molecular formula is C25H29N9O4S. The van der Waals surface area contributed by atoms with Crippen LogP contribution in [0.1, 0.15) is 67.5 Å². The summed E-state index contributed by atoms with van der Waals surface area (Å²) in [5.41, 5.74) is 8.03. The number of aliphatic hydroxyl groups is 1. The lowest BCUT2D eigenvalue weighted by molar-refractivity contribution is 0.0556. The summed E-state index contributed by atoms with van der Waals surface area (Å²) < 4.78 is 27.3. The smallest absolute Gasteiger partial charge is 0.291 e. The van der Waals surface area contributed by atoms with Crippen LogP contribution in [0.3, 0.4) is 0 Å². The molecule has 0 spiro atoms. The normalized spacial score (nSPS) is 21.5. The summed E-state index contributed by atoms with van der Waals surface area (Å²) in [6.07, 6.45) is 8.35. The lowest BCUT2D eigenvalue weighted by Gasteiger charge is -2.38. The maximum absolute atomic E-state index is 13.1. The van der Waals surface area contributed by atoms with E-state index >= 15 is 0 Å². The molecule has 0 unspecified atom stereocenters. The molecule has 14 heteroatoms. The second kappa shape index (κ2) is 8.81. The second-order valence-electron chi connectivity index (χ2n) is 10.9. The summed E-state index contributed by atoms with van der Waals surface area (Å²) in [5, 5.41) is 21.1. The molecule has 2 aliphatic rings. The van der Waals surface area contributed by atoms with E-state index in [1.807, 2.05) is 11.0 Å². The average Bonchev–Trinajstić information content (AvgIpc) is 3.61. The fourth-order valence-corrected chi connectivity index (χ4v) is 7.01. The van der Waals surface area contributed by atoms with E-state index in [0.29, 0.717) is 41.0 Å². The highest BCUT2D eigenvalue weighted by molar-refractivity contribution is 7.91. The largest absolute Gasteiger partial charge is 0.384 e. The van der Waals surface area contributed by atoms with Gasteiger partial charge in [0.25, 0.3) is 5.91 Å². The maximum atomic E-state index is 13.1. The summed E-state index contributed by atoms with van der Waals surface area (Å²) in [6, 6.07) is 3.38. The second-order valence-corrected chi connectivity index (χ2v) is 12.8. The van der Waals surface area contributed by atoms with Gasteiger partial charge in [0.15, 0.2) is 15.5 Å². The number of piperidine rings is 1. The number of aromatic nitrogens is 7. The molecule has 1 amide bonds. The molecule has 4 aromatic rings. The minimum absolute atomic E-state index is 0.00247. The van der Waals surface area contributed by atoms with E-state index in [4.69, 9.17) is 10.7 Å². The van der Waals surface area contributed by atoms with Crippen LogP contribution in [0, 0.1) is 0 Å². The van der Waals surface area contributed by atoms with Crippen molar-refractivity contribution in [1.29, 1.82) is 0 Å². The molecule has 13 nitrogen and oxygen atoms in total. The number of fused-ring (bicyclic) bond motifs is 3. The van der Waals surface area contributed by atoms with Gasteiger partial charge < -0.3 is 15.7 Å². The third kappa shape index (κ3) is 4.23. The molecule has 0 saturated carbocycles. The number of nitrogens with two attached hydrogens (primary N) is 1. The fraction of sp³-hybridized carbons (Fsp3) is 0.440. The number of nitrogens with zero attached hydrogens (tertiary/aromatic N) is 7. The number of anilines is 1. The van der Waals surface area contributed by atoms with E-state index in [9.17, 15) is 18.3 Å². The van der Waals surface area contributed by atoms with Crippen LogP contribution in [-0.2, 0) is 15.4 Å². The highest BCUT2D eigenvalue weighted by atomic mass is 32.2. The average molecular weight is 552 g/mol. The van der Waals surface area contributed by atoms with E-state index < -0.39 is 15.4 Å². The fourth-order valence-electron chi connectivity index (χ4n) is 5.96. The number of rotatable bonds is 5. The lowest BCUT2D eigenvalue weighted by atomic mass is 9.87. The van der Waals surface area contributed by atoms with Crippen molar-refractivity contribution in [3.8, 4) is 11.1 Å². The molecule has 3 atom stereocenters. The Morgan fingerprint density at radius 1 is 1.15 bits per heavy atom. The monoisotopic (exact) mass is 551 g/mol. The quantitative estimate of drug-likeness (QED) is 0.329. The van der Waals surface area contributed by atoms with Gasteiger partial charge in [-0.25, -0.2) is 18.4 Å². The Hall–Kier alpha value is -3.91. The zero-order valence-electron chi connectivity index (χ0n) is 21.7. The summed E-state index contributed by atoms with van der Waals surface area (Å²) >= 11 is 0.